The van der Waals surface area contributed by atoms with E-state index in [2.05, 4.69) is 4.98 Å². The van der Waals surface area contributed by atoms with Crippen LogP contribution >= 0.6 is 11.3 Å². The van der Waals surface area contributed by atoms with E-state index >= 15 is 0 Å². The van der Waals surface area contributed by atoms with E-state index in [0.717, 1.165) is 10.2 Å². The number of aryl methyl sites for hydroxylation is 1. The molecule has 0 unspecified atom stereocenters. The van der Waals surface area contributed by atoms with Gasteiger partial charge in [0.2, 0.25) is 0 Å². The van der Waals surface area contributed by atoms with E-state index < -0.39 is 4.92 Å². The van der Waals surface area contributed by atoms with Crippen LogP contribution in [0.25, 0.3) is 16.3 Å². The van der Waals surface area contributed by atoms with Crippen molar-refractivity contribution in [1.82, 2.24) is 14.5 Å². The molecule has 0 saturated carbocycles. The number of thiazole rings is 1. The number of rotatable bonds is 10. The van der Waals surface area contributed by atoms with Gasteiger partial charge in [-0.3, -0.25) is 19.8 Å². The summed E-state index contributed by atoms with van der Waals surface area (Å²) in [6.45, 7) is 3.62. The highest BCUT2D eigenvalue weighted by Crippen LogP contribution is 2.34. The van der Waals surface area contributed by atoms with E-state index in [1.165, 1.54) is 29.5 Å². The van der Waals surface area contributed by atoms with Gasteiger partial charge >= 0.3 is 0 Å². The summed E-state index contributed by atoms with van der Waals surface area (Å²) < 4.78 is 8.60. The summed E-state index contributed by atoms with van der Waals surface area (Å²) in [5.74, 6) is 0.468. The summed E-state index contributed by atoms with van der Waals surface area (Å²) in [7, 11) is 0. The molecule has 0 atom stereocenters. The Hall–Kier alpha value is -4.05. The number of aromatic nitrogens is 3. The Labute approximate surface area is 200 Å². The smallest absolute Gasteiger partial charge is 0.269 e. The third-order valence-electron chi connectivity index (χ3n) is 5.05. The monoisotopic (exact) mass is 477 g/mol. The summed E-state index contributed by atoms with van der Waals surface area (Å²) in [6, 6.07) is 11.8. The second kappa shape index (κ2) is 10.7. The van der Waals surface area contributed by atoms with Gasteiger partial charge in [0, 0.05) is 43.7 Å². The number of hydrogen-bond acceptors (Lipinski definition) is 7. The van der Waals surface area contributed by atoms with Crippen LogP contribution in [0.1, 0.15) is 18.9 Å². The number of nitro benzene ring substituents is 1. The topological polar surface area (TPSA) is 103 Å². The number of carbonyl (C=O) groups is 1. The molecular formula is C24H23N5O4S. The highest BCUT2D eigenvalue weighted by atomic mass is 32.1. The van der Waals surface area contributed by atoms with Crippen molar-refractivity contribution in [2.24, 2.45) is 0 Å². The van der Waals surface area contributed by atoms with Crippen LogP contribution in [0.3, 0.4) is 0 Å². The maximum absolute atomic E-state index is 13.2. The summed E-state index contributed by atoms with van der Waals surface area (Å²) in [5, 5.41) is 11.4. The Balaban J connectivity index is 1.58. The van der Waals surface area contributed by atoms with E-state index in [9.17, 15) is 14.9 Å². The number of hydrogen-bond donors (Lipinski definition) is 0. The lowest BCUT2D eigenvalue weighted by Gasteiger charge is -2.18. The summed E-state index contributed by atoms with van der Waals surface area (Å²) in [4.78, 5) is 34.1. The van der Waals surface area contributed by atoms with Crippen LogP contribution in [0.2, 0.25) is 0 Å². The molecule has 4 aromatic rings. The summed E-state index contributed by atoms with van der Waals surface area (Å²) in [6.07, 6.45) is 9.17. The summed E-state index contributed by atoms with van der Waals surface area (Å²) in [5.41, 5.74) is 1.43. The molecule has 0 spiro atoms. The van der Waals surface area contributed by atoms with Crippen molar-refractivity contribution in [2.45, 2.75) is 19.9 Å². The van der Waals surface area contributed by atoms with Crippen LogP contribution < -0.4 is 9.64 Å². The first-order valence-corrected chi connectivity index (χ1v) is 11.6. The van der Waals surface area contributed by atoms with Crippen LogP contribution in [-0.2, 0) is 11.3 Å². The second-order valence-corrected chi connectivity index (χ2v) is 8.37. The van der Waals surface area contributed by atoms with Gasteiger partial charge in [0.05, 0.1) is 22.6 Å². The molecule has 0 bridgehead atoms. The Kier molecular flexibility index (Phi) is 7.28. The molecule has 174 valence electrons. The zero-order chi connectivity index (χ0) is 23.9. The number of anilines is 1. The number of carbonyl (C=O) groups excluding carboxylic acids is 1. The fraction of sp³-hybridized carbons (Fsp3) is 0.208. The van der Waals surface area contributed by atoms with E-state index in [1.807, 2.05) is 35.9 Å². The Morgan fingerprint density at radius 1 is 1.26 bits per heavy atom. The van der Waals surface area contributed by atoms with E-state index in [-0.39, 0.29) is 11.6 Å². The number of nitrogens with zero attached hydrogens (tertiary/aromatic N) is 5. The largest absolute Gasteiger partial charge is 0.492 e. The van der Waals surface area contributed by atoms with Gasteiger partial charge < -0.3 is 9.30 Å². The molecule has 2 heterocycles. The minimum Gasteiger partial charge on any atom is -0.492 e. The lowest BCUT2D eigenvalue weighted by Crippen LogP contribution is -2.30. The lowest BCUT2D eigenvalue weighted by atomic mass is 10.2. The zero-order valence-corrected chi connectivity index (χ0v) is 19.4. The highest BCUT2D eigenvalue weighted by molar-refractivity contribution is 7.22. The Bertz CT molecular complexity index is 1300. The van der Waals surface area contributed by atoms with Gasteiger partial charge in [0.15, 0.2) is 5.13 Å². The number of imidazole rings is 1. The van der Waals surface area contributed by atoms with E-state index in [0.29, 0.717) is 42.6 Å². The van der Waals surface area contributed by atoms with Gasteiger partial charge in [-0.1, -0.05) is 17.4 Å². The van der Waals surface area contributed by atoms with E-state index in [1.54, 1.807) is 35.6 Å². The number of amides is 1. The highest BCUT2D eigenvalue weighted by Gasteiger charge is 2.19. The molecule has 34 heavy (non-hydrogen) atoms. The number of non-ortho nitro benzene ring substituents is 1. The third-order valence-corrected chi connectivity index (χ3v) is 6.09. The molecule has 0 aliphatic carbocycles. The van der Waals surface area contributed by atoms with Crippen molar-refractivity contribution < 1.29 is 14.5 Å². The van der Waals surface area contributed by atoms with Crippen molar-refractivity contribution in [3.05, 3.63) is 82.9 Å². The first-order chi connectivity index (χ1) is 16.5. The van der Waals surface area contributed by atoms with Crippen LogP contribution in [0.15, 0.2) is 67.3 Å². The zero-order valence-electron chi connectivity index (χ0n) is 18.5. The van der Waals surface area contributed by atoms with Gasteiger partial charge in [-0.2, -0.15) is 0 Å². The van der Waals surface area contributed by atoms with Gasteiger partial charge in [0.25, 0.3) is 11.6 Å². The molecule has 10 heteroatoms. The van der Waals surface area contributed by atoms with Crippen molar-refractivity contribution in [3.8, 4) is 5.75 Å². The van der Waals surface area contributed by atoms with Crippen LogP contribution in [0.4, 0.5) is 10.8 Å². The summed E-state index contributed by atoms with van der Waals surface area (Å²) >= 11 is 1.43. The van der Waals surface area contributed by atoms with Crippen LogP contribution in [0, 0.1) is 10.1 Å². The number of ether oxygens (including phenoxy) is 1. The maximum atomic E-state index is 13.2. The van der Waals surface area contributed by atoms with Crippen LogP contribution in [0.5, 0.6) is 5.75 Å². The number of para-hydroxylation sites is 1. The van der Waals surface area contributed by atoms with Crippen molar-refractivity contribution in [1.29, 1.82) is 0 Å². The quantitative estimate of drug-likeness (QED) is 0.182. The molecule has 4 rings (SSSR count). The normalized spacial score (nSPS) is 11.2. The number of nitro groups is 1. The molecule has 0 radical (unpaired) electrons. The second-order valence-electron chi connectivity index (χ2n) is 7.36. The Morgan fingerprint density at radius 3 is 2.79 bits per heavy atom. The predicted molar refractivity (Wildman–Crippen MR) is 132 cm³/mol. The first-order valence-electron chi connectivity index (χ1n) is 10.8. The number of benzene rings is 2. The molecule has 2 aromatic carbocycles. The van der Waals surface area contributed by atoms with Gasteiger partial charge in [-0.05, 0) is 49.2 Å². The van der Waals surface area contributed by atoms with Gasteiger partial charge in [-0.25, -0.2) is 9.97 Å². The lowest BCUT2D eigenvalue weighted by molar-refractivity contribution is -0.384. The van der Waals surface area contributed by atoms with Gasteiger partial charge in [-0.15, -0.1) is 0 Å². The van der Waals surface area contributed by atoms with Crippen molar-refractivity contribution >= 4 is 44.4 Å². The van der Waals surface area contributed by atoms with Crippen molar-refractivity contribution in [3.63, 3.8) is 0 Å². The fourth-order valence-electron chi connectivity index (χ4n) is 3.39. The minimum atomic E-state index is -0.454. The SMILES string of the molecule is CCOc1cccc2sc(N(CCCn3ccnc3)C(=O)/C=C/c3ccc([N+](=O)[O-])cc3)nc12. The molecule has 0 aliphatic heterocycles. The standard InChI is InChI=1S/C24H23N5O4S/c1-2-33-20-5-3-6-21-23(20)26-24(34-21)28(15-4-14-27-16-13-25-17-27)22(30)12-9-18-7-10-19(11-8-18)29(31)32/h3,5-13,16-17H,2,4,14-15H2,1H3/b12-9+. The van der Waals surface area contributed by atoms with Gasteiger partial charge in [0.1, 0.15) is 11.3 Å². The molecule has 1 amide bonds. The first kappa shape index (κ1) is 23.1. The average Bonchev–Trinajstić information content (AvgIpc) is 3.51. The fourth-order valence-corrected chi connectivity index (χ4v) is 4.41. The molecule has 0 fully saturated rings. The number of fused-ring (bicyclic) bond motifs is 1. The molecular weight excluding hydrogens is 454 g/mol. The average molecular weight is 478 g/mol. The van der Waals surface area contributed by atoms with Crippen LogP contribution in [-0.4, -0.2) is 38.5 Å². The molecule has 0 N–H and O–H groups in total. The third kappa shape index (κ3) is 5.46. The molecule has 9 nitrogen and oxygen atoms in total. The predicted octanol–water partition coefficient (Wildman–Crippen LogP) is 4.94. The Morgan fingerprint density at radius 2 is 2.09 bits per heavy atom. The minimum absolute atomic E-state index is 0.00387. The molecule has 0 saturated heterocycles. The maximum Gasteiger partial charge on any atom is 0.269 e. The molecule has 0 aliphatic rings. The molecule has 2 aromatic heterocycles. The van der Waals surface area contributed by atoms with Crippen molar-refractivity contribution in [2.75, 3.05) is 18.1 Å². The van der Waals surface area contributed by atoms with E-state index in [4.69, 9.17) is 9.72 Å².